The normalized spacial score (nSPS) is 18.5. The number of fused-ring (bicyclic) bond motifs is 1. The molecule has 1 aliphatic rings. The van der Waals surface area contributed by atoms with Crippen LogP contribution in [0.5, 0.6) is 0 Å². The van der Waals surface area contributed by atoms with E-state index in [-0.39, 0.29) is 0 Å². The van der Waals surface area contributed by atoms with Gasteiger partial charge in [0.2, 0.25) is 0 Å². The molecular weight excluding hydrogens is 258 g/mol. The lowest BCUT2D eigenvalue weighted by molar-refractivity contribution is 0.267. The smallest absolute Gasteiger partial charge is 0.0702 e. The van der Waals surface area contributed by atoms with E-state index in [2.05, 4.69) is 34.1 Å². The zero-order valence-electron chi connectivity index (χ0n) is 12.7. The SMILES string of the molecule is NCC(CN1CCCCCC1)c1ccc2ncccc2c1. The molecule has 2 N–H and O–H groups in total. The Balaban J connectivity index is 1.77. The Kier molecular flexibility index (Phi) is 4.84. The molecule has 2 heterocycles. The molecule has 0 radical (unpaired) electrons. The Morgan fingerprint density at radius 2 is 1.90 bits per heavy atom. The lowest BCUT2D eigenvalue weighted by Gasteiger charge is -2.26. The third kappa shape index (κ3) is 3.60. The van der Waals surface area contributed by atoms with E-state index in [1.807, 2.05) is 12.3 Å². The van der Waals surface area contributed by atoms with Gasteiger partial charge in [-0.25, -0.2) is 0 Å². The molecule has 1 aromatic heterocycles. The van der Waals surface area contributed by atoms with Crippen molar-refractivity contribution in [3.05, 3.63) is 42.1 Å². The molecule has 1 saturated heterocycles. The van der Waals surface area contributed by atoms with E-state index in [0.29, 0.717) is 12.5 Å². The highest BCUT2D eigenvalue weighted by Crippen LogP contribution is 2.22. The summed E-state index contributed by atoms with van der Waals surface area (Å²) in [6.45, 7) is 4.25. The van der Waals surface area contributed by atoms with Crippen molar-refractivity contribution in [1.82, 2.24) is 9.88 Å². The molecule has 1 atom stereocenters. The van der Waals surface area contributed by atoms with Crippen molar-refractivity contribution < 1.29 is 0 Å². The van der Waals surface area contributed by atoms with Gasteiger partial charge in [-0.05, 0) is 49.7 Å². The number of aromatic nitrogens is 1. The average Bonchev–Trinajstić information content (AvgIpc) is 2.81. The molecule has 0 spiro atoms. The van der Waals surface area contributed by atoms with Crippen molar-refractivity contribution in [2.45, 2.75) is 31.6 Å². The lowest BCUT2D eigenvalue weighted by atomic mass is 9.96. The monoisotopic (exact) mass is 283 g/mol. The minimum atomic E-state index is 0.424. The standard InChI is InChI=1S/C18H25N3/c19-13-17(14-21-10-3-1-2-4-11-21)15-7-8-18-16(12-15)6-5-9-20-18/h5-9,12,17H,1-4,10-11,13-14,19H2. The van der Waals surface area contributed by atoms with Gasteiger partial charge in [-0.1, -0.05) is 25.0 Å². The van der Waals surface area contributed by atoms with Crippen LogP contribution in [0.2, 0.25) is 0 Å². The number of pyridine rings is 1. The second-order valence-corrected chi connectivity index (χ2v) is 6.10. The number of likely N-dealkylation sites (tertiary alicyclic amines) is 1. The number of rotatable bonds is 4. The zero-order valence-corrected chi connectivity index (χ0v) is 12.7. The molecule has 112 valence electrons. The fraction of sp³-hybridized carbons (Fsp3) is 0.500. The van der Waals surface area contributed by atoms with Crippen LogP contribution in [0.4, 0.5) is 0 Å². The van der Waals surface area contributed by atoms with Crippen LogP contribution in [0, 0.1) is 0 Å². The van der Waals surface area contributed by atoms with Gasteiger partial charge in [0, 0.05) is 30.6 Å². The molecule has 1 aromatic carbocycles. The Hall–Kier alpha value is -1.45. The van der Waals surface area contributed by atoms with Gasteiger partial charge in [0.25, 0.3) is 0 Å². The summed E-state index contributed by atoms with van der Waals surface area (Å²) >= 11 is 0. The fourth-order valence-corrected chi connectivity index (χ4v) is 3.29. The van der Waals surface area contributed by atoms with Crippen molar-refractivity contribution in [2.24, 2.45) is 5.73 Å². The Morgan fingerprint density at radius 3 is 2.67 bits per heavy atom. The molecule has 1 fully saturated rings. The molecule has 0 amide bonds. The van der Waals surface area contributed by atoms with E-state index in [1.54, 1.807) is 0 Å². The van der Waals surface area contributed by atoms with E-state index in [9.17, 15) is 0 Å². The number of hydrogen-bond donors (Lipinski definition) is 1. The van der Waals surface area contributed by atoms with Gasteiger partial charge in [-0.15, -0.1) is 0 Å². The summed E-state index contributed by atoms with van der Waals surface area (Å²) in [6, 6.07) is 10.7. The van der Waals surface area contributed by atoms with Crippen LogP contribution in [0.3, 0.4) is 0 Å². The summed E-state index contributed by atoms with van der Waals surface area (Å²) in [5.74, 6) is 0.424. The highest BCUT2D eigenvalue weighted by molar-refractivity contribution is 5.79. The Bertz CT molecular complexity index is 573. The van der Waals surface area contributed by atoms with Gasteiger partial charge in [0.1, 0.15) is 0 Å². The summed E-state index contributed by atoms with van der Waals surface area (Å²) in [5, 5.41) is 1.21. The highest BCUT2D eigenvalue weighted by atomic mass is 15.1. The molecule has 2 aromatic rings. The number of benzene rings is 1. The van der Waals surface area contributed by atoms with Gasteiger partial charge in [-0.2, -0.15) is 0 Å². The molecule has 0 saturated carbocycles. The third-order valence-corrected chi connectivity index (χ3v) is 4.56. The summed E-state index contributed by atoms with van der Waals surface area (Å²) < 4.78 is 0. The van der Waals surface area contributed by atoms with E-state index < -0.39 is 0 Å². The van der Waals surface area contributed by atoms with Crippen molar-refractivity contribution in [3.63, 3.8) is 0 Å². The molecule has 0 bridgehead atoms. The first kappa shape index (κ1) is 14.5. The van der Waals surface area contributed by atoms with Crippen LogP contribution in [-0.4, -0.2) is 36.1 Å². The highest BCUT2D eigenvalue weighted by Gasteiger charge is 2.16. The van der Waals surface area contributed by atoms with Crippen LogP contribution >= 0.6 is 0 Å². The summed E-state index contributed by atoms with van der Waals surface area (Å²) in [7, 11) is 0. The summed E-state index contributed by atoms with van der Waals surface area (Å²) in [6.07, 6.45) is 7.27. The van der Waals surface area contributed by atoms with Crippen LogP contribution < -0.4 is 5.73 Å². The molecule has 21 heavy (non-hydrogen) atoms. The molecule has 3 nitrogen and oxygen atoms in total. The molecule has 3 heteroatoms. The first-order valence-corrected chi connectivity index (χ1v) is 8.14. The molecular formula is C18H25N3. The minimum Gasteiger partial charge on any atom is -0.330 e. The molecule has 3 rings (SSSR count). The van der Waals surface area contributed by atoms with Gasteiger partial charge >= 0.3 is 0 Å². The molecule has 1 aliphatic heterocycles. The van der Waals surface area contributed by atoms with Crippen LogP contribution in [-0.2, 0) is 0 Å². The van der Waals surface area contributed by atoms with Crippen LogP contribution in [0.25, 0.3) is 10.9 Å². The second-order valence-electron chi connectivity index (χ2n) is 6.10. The maximum atomic E-state index is 6.06. The lowest BCUT2D eigenvalue weighted by Crippen LogP contribution is -2.32. The van der Waals surface area contributed by atoms with Gasteiger partial charge in [0.15, 0.2) is 0 Å². The van der Waals surface area contributed by atoms with E-state index in [4.69, 9.17) is 5.73 Å². The molecule has 0 aliphatic carbocycles. The minimum absolute atomic E-state index is 0.424. The topological polar surface area (TPSA) is 42.1 Å². The van der Waals surface area contributed by atoms with E-state index in [0.717, 1.165) is 12.1 Å². The van der Waals surface area contributed by atoms with Gasteiger partial charge < -0.3 is 10.6 Å². The predicted molar refractivity (Wildman–Crippen MR) is 88.4 cm³/mol. The fourth-order valence-electron chi connectivity index (χ4n) is 3.29. The van der Waals surface area contributed by atoms with E-state index in [1.165, 1.54) is 49.7 Å². The second kappa shape index (κ2) is 7.01. The van der Waals surface area contributed by atoms with E-state index >= 15 is 0 Å². The number of hydrogen-bond acceptors (Lipinski definition) is 3. The van der Waals surface area contributed by atoms with Crippen molar-refractivity contribution in [2.75, 3.05) is 26.2 Å². The van der Waals surface area contributed by atoms with Gasteiger partial charge in [-0.3, -0.25) is 4.98 Å². The van der Waals surface area contributed by atoms with Gasteiger partial charge in [0.05, 0.1) is 5.52 Å². The average molecular weight is 283 g/mol. The first-order chi connectivity index (χ1) is 10.4. The predicted octanol–water partition coefficient (Wildman–Crippen LogP) is 3.15. The quantitative estimate of drug-likeness (QED) is 0.937. The Morgan fingerprint density at radius 1 is 1.10 bits per heavy atom. The van der Waals surface area contributed by atoms with Crippen molar-refractivity contribution in [1.29, 1.82) is 0 Å². The van der Waals surface area contributed by atoms with Crippen LogP contribution in [0.15, 0.2) is 36.5 Å². The van der Waals surface area contributed by atoms with Crippen molar-refractivity contribution >= 4 is 10.9 Å². The Labute approximate surface area is 127 Å². The number of nitrogens with zero attached hydrogens (tertiary/aromatic N) is 2. The maximum absolute atomic E-state index is 6.06. The van der Waals surface area contributed by atoms with Crippen LogP contribution in [0.1, 0.15) is 37.2 Å². The summed E-state index contributed by atoms with van der Waals surface area (Å²) in [4.78, 5) is 6.99. The maximum Gasteiger partial charge on any atom is 0.0702 e. The largest absolute Gasteiger partial charge is 0.330 e. The molecule has 1 unspecified atom stereocenters. The number of nitrogens with two attached hydrogens (primary N) is 1. The summed E-state index contributed by atoms with van der Waals surface area (Å²) in [5.41, 5.74) is 8.47. The third-order valence-electron chi connectivity index (χ3n) is 4.56. The van der Waals surface area contributed by atoms with Crippen molar-refractivity contribution in [3.8, 4) is 0 Å². The zero-order chi connectivity index (χ0) is 14.5. The first-order valence-electron chi connectivity index (χ1n) is 8.14.